The predicted molar refractivity (Wildman–Crippen MR) is 71.6 cm³/mol. The van der Waals surface area contributed by atoms with Crippen molar-refractivity contribution in [2.45, 2.75) is 33.6 Å². The highest BCUT2D eigenvalue weighted by atomic mass is 35.5. The van der Waals surface area contributed by atoms with Crippen LogP contribution in [0.1, 0.15) is 46.7 Å². The lowest BCUT2D eigenvalue weighted by Gasteiger charge is -2.16. The molecule has 0 aliphatic heterocycles. The summed E-state index contributed by atoms with van der Waals surface area (Å²) in [6.45, 7) is 4.99. The van der Waals surface area contributed by atoms with E-state index >= 15 is 0 Å². The average molecular weight is 287 g/mol. The van der Waals surface area contributed by atoms with Crippen molar-refractivity contribution < 1.29 is 22.1 Å². The van der Waals surface area contributed by atoms with Crippen molar-refractivity contribution in [3.05, 3.63) is 34.9 Å². The molecule has 5 heteroatoms. The van der Waals surface area contributed by atoms with Gasteiger partial charge < -0.3 is 0 Å². The summed E-state index contributed by atoms with van der Waals surface area (Å²) < 4.78 is 15.6. The number of benzene rings is 1. The van der Waals surface area contributed by atoms with E-state index in [-0.39, 0.29) is 5.56 Å². The summed E-state index contributed by atoms with van der Waals surface area (Å²) in [7, 11) is 0. The summed E-state index contributed by atoms with van der Waals surface area (Å²) in [6.07, 6.45) is -2.30. The molecule has 0 amide bonds. The van der Waals surface area contributed by atoms with Crippen LogP contribution in [0.3, 0.4) is 0 Å². The Balaban J connectivity index is 2.56. The van der Waals surface area contributed by atoms with E-state index < -0.39 is 30.1 Å². The summed E-state index contributed by atoms with van der Waals surface area (Å²) in [6, 6.07) is 5.96. The van der Waals surface area contributed by atoms with Gasteiger partial charge in [-0.2, -0.15) is 0 Å². The Morgan fingerprint density at radius 3 is 2.58 bits per heavy atom. The first kappa shape index (κ1) is 12.5. The van der Waals surface area contributed by atoms with Crippen LogP contribution in [0.15, 0.2) is 24.3 Å². The molecular formula is C14H17ClO4. The molecule has 0 saturated heterocycles. The molecule has 0 aliphatic carbocycles. The molecule has 0 fully saturated rings. The zero-order valence-electron chi connectivity index (χ0n) is 13.0. The third kappa shape index (κ3) is 6.25. The van der Waals surface area contributed by atoms with E-state index in [0.717, 1.165) is 0 Å². The SMILES string of the molecule is [2H]C([2H])(CC(=O)OOC(=O)c1cccc(Cl)c1)C(C)(C)C. The minimum Gasteiger partial charge on any atom is -0.247 e. The lowest BCUT2D eigenvalue weighted by atomic mass is 9.91. The van der Waals surface area contributed by atoms with Crippen molar-refractivity contribution in [1.82, 2.24) is 0 Å². The molecule has 0 atom stereocenters. The van der Waals surface area contributed by atoms with E-state index in [1.165, 1.54) is 12.1 Å². The minimum atomic E-state index is -1.79. The fraction of sp³-hybridized carbons (Fsp3) is 0.429. The second-order valence-electron chi connectivity index (χ2n) is 4.94. The van der Waals surface area contributed by atoms with Crippen molar-refractivity contribution in [1.29, 1.82) is 0 Å². The Morgan fingerprint density at radius 2 is 2.00 bits per heavy atom. The van der Waals surface area contributed by atoms with Crippen LogP contribution >= 0.6 is 11.6 Å². The van der Waals surface area contributed by atoms with Gasteiger partial charge in [0, 0.05) is 7.76 Å². The molecular weight excluding hydrogens is 268 g/mol. The second-order valence-corrected chi connectivity index (χ2v) is 5.38. The highest BCUT2D eigenvalue weighted by Crippen LogP contribution is 2.20. The summed E-state index contributed by atoms with van der Waals surface area (Å²) in [4.78, 5) is 31.9. The van der Waals surface area contributed by atoms with Gasteiger partial charge in [-0.05, 0) is 30.0 Å². The largest absolute Gasteiger partial charge is 0.386 e. The number of carbonyl (C=O) groups excluding carboxylic acids is 2. The van der Waals surface area contributed by atoms with Crippen molar-refractivity contribution in [3.8, 4) is 0 Å². The summed E-state index contributed by atoms with van der Waals surface area (Å²) in [5, 5.41) is 0.347. The van der Waals surface area contributed by atoms with Gasteiger partial charge in [0.25, 0.3) is 0 Å². The molecule has 4 nitrogen and oxygen atoms in total. The van der Waals surface area contributed by atoms with Gasteiger partial charge in [0.2, 0.25) is 0 Å². The molecule has 1 aromatic rings. The van der Waals surface area contributed by atoms with Crippen LogP contribution < -0.4 is 0 Å². The van der Waals surface area contributed by atoms with Gasteiger partial charge >= 0.3 is 11.9 Å². The molecule has 0 aromatic heterocycles. The fourth-order valence-electron chi connectivity index (χ4n) is 1.11. The Hall–Kier alpha value is -1.55. The number of hydrogen-bond donors (Lipinski definition) is 0. The van der Waals surface area contributed by atoms with E-state index in [9.17, 15) is 9.59 Å². The molecule has 0 unspecified atom stereocenters. The van der Waals surface area contributed by atoms with Crippen LogP contribution in [0.5, 0.6) is 0 Å². The van der Waals surface area contributed by atoms with Crippen LogP contribution in [-0.2, 0) is 14.6 Å². The molecule has 19 heavy (non-hydrogen) atoms. The molecule has 0 heterocycles. The monoisotopic (exact) mass is 286 g/mol. The first-order chi connectivity index (χ1) is 9.53. The summed E-state index contributed by atoms with van der Waals surface area (Å²) in [5.74, 6) is -1.83. The van der Waals surface area contributed by atoms with Crippen LogP contribution in [-0.4, -0.2) is 11.9 Å². The standard InChI is InChI=1S/C14H17ClO4/c1-14(2,3)8-7-12(16)18-19-13(17)10-5-4-6-11(15)9-10/h4-6,9H,7-8H2,1-3H3/i8D2. The Morgan fingerprint density at radius 1 is 1.32 bits per heavy atom. The third-order valence-corrected chi connectivity index (χ3v) is 2.27. The first-order valence-corrected chi connectivity index (χ1v) is 6.08. The first-order valence-electron chi connectivity index (χ1n) is 6.70. The Bertz CT molecular complexity index is 538. The lowest BCUT2D eigenvalue weighted by molar-refractivity contribution is -0.234. The van der Waals surface area contributed by atoms with Crippen LogP contribution in [0.2, 0.25) is 5.02 Å². The molecule has 104 valence electrons. The maximum atomic E-state index is 11.6. The Labute approximate surface area is 120 Å². The molecule has 0 aliphatic rings. The van der Waals surface area contributed by atoms with Gasteiger partial charge in [0.1, 0.15) is 0 Å². The fourth-order valence-corrected chi connectivity index (χ4v) is 1.30. The minimum absolute atomic E-state index is 0.133. The van der Waals surface area contributed by atoms with Crippen molar-refractivity contribution in [2.75, 3.05) is 0 Å². The number of halogens is 1. The maximum absolute atomic E-state index is 11.6. The summed E-state index contributed by atoms with van der Waals surface area (Å²) >= 11 is 5.72. The molecule has 0 spiro atoms. The molecule has 1 rings (SSSR count). The van der Waals surface area contributed by atoms with E-state index in [2.05, 4.69) is 9.78 Å². The van der Waals surface area contributed by atoms with Crippen LogP contribution in [0.25, 0.3) is 0 Å². The van der Waals surface area contributed by atoms with E-state index in [0.29, 0.717) is 5.02 Å². The zero-order chi connectivity index (χ0) is 16.3. The normalized spacial score (nSPS) is 13.3. The molecule has 0 N–H and O–H groups in total. The maximum Gasteiger partial charge on any atom is 0.386 e. The van der Waals surface area contributed by atoms with E-state index in [1.54, 1.807) is 32.9 Å². The molecule has 0 saturated carbocycles. The number of rotatable bonds is 3. The van der Waals surface area contributed by atoms with Crippen molar-refractivity contribution in [2.24, 2.45) is 5.41 Å². The highest BCUT2D eigenvalue weighted by Gasteiger charge is 2.16. The van der Waals surface area contributed by atoms with Gasteiger partial charge in [-0.1, -0.05) is 38.4 Å². The smallest absolute Gasteiger partial charge is 0.247 e. The molecule has 1 aromatic carbocycles. The topological polar surface area (TPSA) is 52.6 Å². The molecule has 0 radical (unpaired) electrons. The van der Waals surface area contributed by atoms with Gasteiger partial charge in [0.15, 0.2) is 0 Å². The van der Waals surface area contributed by atoms with Gasteiger partial charge in [-0.3, -0.25) is 0 Å². The number of hydrogen-bond acceptors (Lipinski definition) is 4. The van der Waals surface area contributed by atoms with Crippen LogP contribution in [0, 0.1) is 5.41 Å². The summed E-state index contributed by atoms with van der Waals surface area (Å²) in [5.41, 5.74) is -0.614. The van der Waals surface area contributed by atoms with Gasteiger partial charge in [-0.25, -0.2) is 19.4 Å². The van der Waals surface area contributed by atoms with Crippen LogP contribution in [0.4, 0.5) is 0 Å². The average Bonchev–Trinajstić information content (AvgIpc) is 2.34. The van der Waals surface area contributed by atoms with E-state index in [4.69, 9.17) is 14.3 Å². The quantitative estimate of drug-likeness (QED) is 0.627. The zero-order valence-corrected chi connectivity index (χ0v) is 11.8. The highest BCUT2D eigenvalue weighted by molar-refractivity contribution is 6.30. The lowest BCUT2D eigenvalue weighted by Crippen LogP contribution is -2.14. The molecule has 0 bridgehead atoms. The van der Waals surface area contributed by atoms with Gasteiger partial charge in [-0.15, -0.1) is 0 Å². The van der Waals surface area contributed by atoms with E-state index in [1.807, 2.05) is 0 Å². The number of carbonyl (C=O) groups is 2. The Kier molecular flexibility index (Phi) is 4.32. The third-order valence-electron chi connectivity index (χ3n) is 2.03. The second kappa shape index (κ2) is 6.57. The predicted octanol–water partition coefficient (Wildman–Crippen LogP) is 3.78. The van der Waals surface area contributed by atoms with Gasteiger partial charge in [0.05, 0.1) is 12.0 Å². The van der Waals surface area contributed by atoms with Crippen molar-refractivity contribution in [3.63, 3.8) is 0 Å². The van der Waals surface area contributed by atoms with Crippen molar-refractivity contribution >= 4 is 23.5 Å².